The Labute approximate surface area is 120 Å². The summed E-state index contributed by atoms with van der Waals surface area (Å²) in [4.78, 5) is 21.8. The molecule has 0 atom stereocenters. The molecule has 1 aliphatic rings. The number of alkyl halides is 1. The van der Waals surface area contributed by atoms with E-state index in [2.05, 4.69) is 15.9 Å². The highest BCUT2D eigenvalue weighted by Gasteiger charge is 2.40. The second-order valence-electron chi connectivity index (χ2n) is 4.44. The van der Waals surface area contributed by atoms with E-state index in [4.69, 9.17) is 18.9 Å². The van der Waals surface area contributed by atoms with E-state index in [1.54, 1.807) is 0 Å². The summed E-state index contributed by atoms with van der Waals surface area (Å²) in [5.41, 5.74) is 0. The minimum absolute atomic E-state index is 0.0867. The quantitative estimate of drug-likeness (QED) is 0.536. The van der Waals surface area contributed by atoms with E-state index in [1.807, 2.05) is 0 Å². The zero-order chi connectivity index (χ0) is 14.3. The zero-order valence-electron chi connectivity index (χ0n) is 11.1. The van der Waals surface area contributed by atoms with Gasteiger partial charge in [0.25, 0.3) is 0 Å². The summed E-state index contributed by atoms with van der Waals surface area (Å²) in [6, 6.07) is 0. The molecule has 1 rings (SSSR count). The van der Waals surface area contributed by atoms with Crippen molar-refractivity contribution in [2.75, 3.05) is 31.8 Å². The molecule has 0 aromatic rings. The van der Waals surface area contributed by atoms with E-state index in [0.717, 1.165) is 11.8 Å². The Morgan fingerprint density at radius 2 is 1.63 bits per heavy atom. The highest BCUT2D eigenvalue weighted by molar-refractivity contribution is 9.09. The zero-order valence-corrected chi connectivity index (χ0v) is 12.7. The predicted octanol–water partition coefficient (Wildman–Crippen LogP) is 1.26. The van der Waals surface area contributed by atoms with Crippen molar-refractivity contribution in [2.45, 2.75) is 26.1 Å². The van der Waals surface area contributed by atoms with E-state index in [1.165, 1.54) is 13.8 Å². The van der Waals surface area contributed by atoms with Crippen molar-refractivity contribution in [3.63, 3.8) is 0 Å². The largest absolute Gasteiger partial charge is 0.460 e. The van der Waals surface area contributed by atoms with Crippen LogP contribution in [0.4, 0.5) is 0 Å². The van der Waals surface area contributed by atoms with Crippen molar-refractivity contribution in [2.24, 2.45) is 5.92 Å². The van der Waals surface area contributed by atoms with Crippen LogP contribution in [0, 0.1) is 5.92 Å². The number of halogens is 1. The van der Waals surface area contributed by atoms with Gasteiger partial charge in [0.1, 0.15) is 13.2 Å². The number of esters is 2. The summed E-state index contributed by atoms with van der Waals surface area (Å²) < 4.78 is 21.1. The molecule has 0 radical (unpaired) electrons. The molecule has 0 amide bonds. The third-order valence-electron chi connectivity index (χ3n) is 2.67. The average Bonchev–Trinajstić information content (AvgIpc) is 2.37. The Bertz CT molecular complexity index is 291. The lowest BCUT2D eigenvalue weighted by Crippen LogP contribution is -2.51. The molecule has 1 heterocycles. The molecule has 0 N–H and O–H groups in total. The van der Waals surface area contributed by atoms with Crippen molar-refractivity contribution in [1.82, 2.24) is 0 Å². The Morgan fingerprint density at radius 3 is 2.00 bits per heavy atom. The van der Waals surface area contributed by atoms with E-state index < -0.39 is 17.7 Å². The molecule has 1 aliphatic heterocycles. The Hall–Kier alpha value is -0.660. The summed E-state index contributed by atoms with van der Waals surface area (Å²) in [6.07, 6.45) is 0.928. The van der Waals surface area contributed by atoms with E-state index in [9.17, 15) is 9.59 Å². The Morgan fingerprint density at radius 1 is 1.16 bits per heavy atom. The molecule has 1 saturated heterocycles. The van der Waals surface area contributed by atoms with Crippen molar-refractivity contribution in [3.8, 4) is 0 Å². The van der Waals surface area contributed by atoms with Crippen LogP contribution >= 0.6 is 15.9 Å². The lowest BCUT2D eigenvalue weighted by atomic mass is 10.1. The molecule has 0 aromatic heterocycles. The average molecular weight is 339 g/mol. The summed E-state index contributed by atoms with van der Waals surface area (Å²) in [5.74, 6) is -1.77. The molecule has 0 saturated carbocycles. The van der Waals surface area contributed by atoms with Crippen molar-refractivity contribution in [3.05, 3.63) is 0 Å². The van der Waals surface area contributed by atoms with Crippen LogP contribution in [0.1, 0.15) is 20.3 Å². The highest BCUT2D eigenvalue weighted by atomic mass is 79.9. The molecule has 7 heteroatoms. The van der Waals surface area contributed by atoms with Gasteiger partial charge in [-0.05, 0) is 6.42 Å². The molecule has 110 valence electrons. The van der Waals surface area contributed by atoms with Crippen LogP contribution in [0.25, 0.3) is 0 Å². The number of carbonyl (C=O) groups is 2. The minimum atomic E-state index is -1.18. The number of hydrogen-bond donors (Lipinski definition) is 0. The van der Waals surface area contributed by atoms with Gasteiger partial charge >= 0.3 is 11.9 Å². The second-order valence-corrected chi connectivity index (χ2v) is 5.23. The van der Waals surface area contributed by atoms with Gasteiger partial charge in [0.15, 0.2) is 0 Å². The number of carbonyl (C=O) groups excluding carboxylic acids is 2. The van der Waals surface area contributed by atoms with E-state index >= 15 is 0 Å². The highest BCUT2D eigenvalue weighted by Crippen LogP contribution is 2.25. The molecule has 0 bridgehead atoms. The van der Waals surface area contributed by atoms with E-state index in [0.29, 0.717) is 13.2 Å². The predicted molar refractivity (Wildman–Crippen MR) is 69.8 cm³/mol. The minimum Gasteiger partial charge on any atom is -0.460 e. The van der Waals surface area contributed by atoms with Crippen molar-refractivity contribution < 1.29 is 28.5 Å². The van der Waals surface area contributed by atoms with Crippen LogP contribution < -0.4 is 0 Å². The fourth-order valence-electron chi connectivity index (χ4n) is 1.58. The number of hydrogen-bond acceptors (Lipinski definition) is 6. The van der Waals surface area contributed by atoms with Crippen LogP contribution in [-0.2, 0) is 28.5 Å². The van der Waals surface area contributed by atoms with Gasteiger partial charge in [-0.3, -0.25) is 9.59 Å². The summed E-state index contributed by atoms with van der Waals surface area (Å²) in [5, 5.41) is 0.866. The number of rotatable bonds is 6. The van der Waals surface area contributed by atoms with Gasteiger partial charge in [-0.1, -0.05) is 15.9 Å². The second kappa shape index (κ2) is 7.81. The Kier molecular flexibility index (Phi) is 6.74. The van der Waals surface area contributed by atoms with Gasteiger partial charge in [-0.2, -0.15) is 0 Å². The molecule has 0 spiro atoms. The molecular weight excluding hydrogens is 320 g/mol. The monoisotopic (exact) mass is 338 g/mol. The van der Waals surface area contributed by atoms with Gasteiger partial charge in [0, 0.05) is 25.1 Å². The third-order valence-corrected chi connectivity index (χ3v) is 3.13. The van der Waals surface area contributed by atoms with Gasteiger partial charge in [0.2, 0.25) is 5.79 Å². The maximum absolute atomic E-state index is 10.9. The molecule has 0 unspecified atom stereocenters. The maximum atomic E-state index is 10.9. The fraction of sp³-hybridized carbons (Fsp3) is 0.833. The van der Waals surface area contributed by atoms with Crippen molar-refractivity contribution >= 4 is 27.9 Å². The molecule has 0 aliphatic carbocycles. The first-order valence-corrected chi connectivity index (χ1v) is 7.20. The van der Waals surface area contributed by atoms with Crippen molar-refractivity contribution in [1.29, 1.82) is 0 Å². The van der Waals surface area contributed by atoms with E-state index in [-0.39, 0.29) is 19.1 Å². The first-order chi connectivity index (χ1) is 8.97. The van der Waals surface area contributed by atoms with Crippen LogP contribution in [0.15, 0.2) is 0 Å². The molecule has 19 heavy (non-hydrogen) atoms. The Balaban J connectivity index is 2.55. The first-order valence-electron chi connectivity index (χ1n) is 6.08. The lowest BCUT2D eigenvalue weighted by molar-refractivity contribution is -0.311. The fourth-order valence-corrected chi connectivity index (χ4v) is 2.23. The van der Waals surface area contributed by atoms with Crippen LogP contribution in [-0.4, -0.2) is 49.5 Å². The van der Waals surface area contributed by atoms with Gasteiger partial charge < -0.3 is 18.9 Å². The van der Waals surface area contributed by atoms with Crippen LogP contribution in [0.2, 0.25) is 0 Å². The number of ether oxygens (including phenoxy) is 4. The van der Waals surface area contributed by atoms with Crippen LogP contribution in [0.5, 0.6) is 0 Å². The molecule has 6 nitrogen and oxygen atoms in total. The summed E-state index contributed by atoms with van der Waals surface area (Å²) >= 11 is 3.36. The molecular formula is C12H19BrO6. The molecule has 1 fully saturated rings. The van der Waals surface area contributed by atoms with Crippen LogP contribution in [0.3, 0.4) is 0 Å². The standard InChI is InChI=1S/C12H19BrO6/c1-9(14)16-7-12(8-17-10(2)15)18-5-11(3-4-13)6-19-12/h11H,3-8H2,1-2H3. The summed E-state index contributed by atoms with van der Waals surface area (Å²) in [7, 11) is 0. The van der Waals surface area contributed by atoms with Gasteiger partial charge in [-0.25, -0.2) is 0 Å². The smallest absolute Gasteiger partial charge is 0.302 e. The normalized spacial score (nSPS) is 18.9. The topological polar surface area (TPSA) is 71.1 Å². The van der Waals surface area contributed by atoms with Gasteiger partial charge in [0.05, 0.1) is 13.2 Å². The molecule has 0 aromatic carbocycles. The SMILES string of the molecule is CC(=O)OCC1(COC(C)=O)OCC(CCBr)CO1. The lowest BCUT2D eigenvalue weighted by Gasteiger charge is -2.38. The summed E-state index contributed by atoms with van der Waals surface area (Å²) in [6.45, 7) is 3.39. The first kappa shape index (κ1) is 16.4. The third kappa shape index (κ3) is 5.88. The van der Waals surface area contributed by atoms with Gasteiger partial charge in [-0.15, -0.1) is 0 Å². The maximum Gasteiger partial charge on any atom is 0.302 e.